The lowest BCUT2D eigenvalue weighted by Crippen LogP contribution is -2.33. The highest BCUT2D eigenvalue weighted by molar-refractivity contribution is 5.81. The van der Waals surface area contributed by atoms with Gasteiger partial charge in [-0.3, -0.25) is 4.79 Å². The normalized spacial score (nSPS) is 17.4. The Bertz CT molecular complexity index is 1010. The summed E-state index contributed by atoms with van der Waals surface area (Å²) in [4.78, 5) is 19.5. The molecule has 4 nitrogen and oxygen atoms in total. The molecule has 1 fully saturated rings. The molecular formula is C24H28N2O2. The van der Waals surface area contributed by atoms with E-state index in [9.17, 15) is 4.79 Å². The van der Waals surface area contributed by atoms with Crippen molar-refractivity contribution < 1.29 is 9.21 Å². The Hall–Kier alpha value is -2.62. The zero-order valence-corrected chi connectivity index (χ0v) is 17.2. The fourth-order valence-electron chi connectivity index (χ4n) is 3.97. The maximum atomic E-state index is 12.8. The third-order valence-electron chi connectivity index (χ3n) is 5.30. The number of aryl methyl sites for hydroxylation is 1. The first-order chi connectivity index (χ1) is 13.3. The number of benzene rings is 2. The minimum absolute atomic E-state index is 0.0196. The van der Waals surface area contributed by atoms with E-state index in [4.69, 9.17) is 9.40 Å². The molecule has 1 amide bonds. The molecule has 1 aliphatic heterocycles. The maximum Gasteiger partial charge on any atom is 0.223 e. The van der Waals surface area contributed by atoms with Gasteiger partial charge in [0.25, 0.3) is 0 Å². The van der Waals surface area contributed by atoms with Gasteiger partial charge in [0.2, 0.25) is 11.8 Å². The van der Waals surface area contributed by atoms with Crippen LogP contribution in [0.15, 0.2) is 46.9 Å². The van der Waals surface area contributed by atoms with E-state index in [0.717, 1.165) is 36.0 Å². The van der Waals surface area contributed by atoms with E-state index < -0.39 is 0 Å². The summed E-state index contributed by atoms with van der Waals surface area (Å²) < 4.78 is 6.07. The number of oxazole rings is 1. The minimum atomic E-state index is -0.0512. The number of amides is 1. The molecule has 2 heterocycles. The van der Waals surface area contributed by atoms with Crippen molar-refractivity contribution in [2.24, 2.45) is 5.41 Å². The molecule has 4 rings (SSSR count). The van der Waals surface area contributed by atoms with E-state index in [2.05, 4.69) is 64.1 Å². The molecular weight excluding hydrogens is 348 g/mol. The van der Waals surface area contributed by atoms with Gasteiger partial charge in [-0.25, -0.2) is 4.98 Å². The van der Waals surface area contributed by atoms with Crippen LogP contribution in [0.5, 0.6) is 0 Å². The molecule has 0 spiro atoms. The molecule has 4 heteroatoms. The van der Waals surface area contributed by atoms with Gasteiger partial charge in [0.1, 0.15) is 11.6 Å². The van der Waals surface area contributed by atoms with Gasteiger partial charge in [-0.2, -0.15) is 0 Å². The van der Waals surface area contributed by atoms with Gasteiger partial charge in [0.05, 0.1) is 0 Å². The summed E-state index contributed by atoms with van der Waals surface area (Å²) in [6, 6.07) is 14.5. The van der Waals surface area contributed by atoms with Gasteiger partial charge in [0, 0.05) is 13.0 Å². The van der Waals surface area contributed by atoms with Gasteiger partial charge >= 0.3 is 0 Å². The molecule has 146 valence electrons. The van der Waals surface area contributed by atoms with Crippen molar-refractivity contribution in [1.29, 1.82) is 0 Å². The number of likely N-dealkylation sites (tertiary alicyclic amines) is 1. The van der Waals surface area contributed by atoms with Crippen LogP contribution in [0.2, 0.25) is 0 Å². The van der Waals surface area contributed by atoms with Crippen molar-refractivity contribution in [3.8, 4) is 11.1 Å². The van der Waals surface area contributed by atoms with Crippen LogP contribution in [0.3, 0.4) is 0 Å². The number of hydrogen-bond acceptors (Lipinski definition) is 3. The maximum absolute atomic E-state index is 12.8. The zero-order chi connectivity index (χ0) is 19.9. The smallest absolute Gasteiger partial charge is 0.223 e. The van der Waals surface area contributed by atoms with Crippen molar-refractivity contribution in [3.63, 3.8) is 0 Å². The van der Waals surface area contributed by atoms with Crippen molar-refractivity contribution in [1.82, 2.24) is 9.88 Å². The predicted molar refractivity (Wildman–Crippen MR) is 112 cm³/mol. The monoisotopic (exact) mass is 376 g/mol. The number of carbonyl (C=O) groups is 1. The number of carbonyl (C=O) groups excluding carboxylic acids is 1. The Labute approximate surface area is 166 Å². The molecule has 0 saturated carbocycles. The molecule has 1 aliphatic rings. The van der Waals surface area contributed by atoms with E-state index in [1.54, 1.807) is 0 Å². The van der Waals surface area contributed by atoms with Crippen molar-refractivity contribution in [2.45, 2.75) is 53.0 Å². The highest BCUT2D eigenvalue weighted by Gasteiger charge is 2.34. The Morgan fingerprint density at radius 3 is 2.71 bits per heavy atom. The third-order valence-corrected chi connectivity index (χ3v) is 5.30. The Balaban J connectivity index is 1.63. The van der Waals surface area contributed by atoms with Crippen LogP contribution in [-0.4, -0.2) is 22.3 Å². The van der Waals surface area contributed by atoms with Crippen LogP contribution in [0, 0.1) is 12.3 Å². The first-order valence-electron chi connectivity index (χ1n) is 10.1. The van der Waals surface area contributed by atoms with Crippen LogP contribution >= 0.6 is 0 Å². The Kier molecular flexibility index (Phi) is 4.74. The molecule has 0 aliphatic carbocycles. The molecule has 28 heavy (non-hydrogen) atoms. The standard InChI is InChI=1S/C24H28N2O2/c1-16-7-5-8-17(13-16)18-10-11-21-19(14-18)25-23(28-21)20-9-6-12-26(20)22(27)15-24(2,3)4/h5,7-8,10-11,13-14,20H,6,9,12,15H2,1-4H3. The van der Waals surface area contributed by atoms with E-state index in [1.165, 1.54) is 11.1 Å². The first-order valence-corrected chi connectivity index (χ1v) is 10.1. The second kappa shape index (κ2) is 7.08. The zero-order valence-electron chi connectivity index (χ0n) is 17.2. The van der Waals surface area contributed by atoms with Gasteiger partial charge < -0.3 is 9.32 Å². The Morgan fingerprint density at radius 2 is 1.96 bits per heavy atom. The molecule has 0 radical (unpaired) electrons. The minimum Gasteiger partial charge on any atom is -0.438 e. The summed E-state index contributed by atoms with van der Waals surface area (Å²) in [7, 11) is 0. The molecule has 1 unspecified atom stereocenters. The summed E-state index contributed by atoms with van der Waals surface area (Å²) in [5, 5.41) is 0. The lowest BCUT2D eigenvalue weighted by Gasteiger charge is -2.26. The second-order valence-corrected chi connectivity index (χ2v) is 9.09. The number of aromatic nitrogens is 1. The first kappa shape index (κ1) is 18.7. The summed E-state index contributed by atoms with van der Waals surface area (Å²) in [6.07, 6.45) is 2.45. The van der Waals surface area contributed by atoms with Gasteiger partial charge in [-0.1, -0.05) is 56.7 Å². The summed E-state index contributed by atoms with van der Waals surface area (Å²) >= 11 is 0. The highest BCUT2D eigenvalue weighted by Crippen LogP contribution is 2.36. The fraction of sp³-hybridized carbons (Fsp3) is 0.417. The third kappa shape index (κ3) is 3.82. The van der Waals surface area contributed by atoms with Crippen LogP contribution in [0.1, 0.15) is 57.5 Å². The van der Waals surface area contributed by atoms with Crippen LogP contribution < -0.4 is 0 Å². The topological polar surface area (TPSA) is 46.3 Å². The number of rotatable bonds is 3. The van der Waals surface area contributed by atoms with Crippen LogP contribution in [0.4, 0.5) is 0 Å². The van der Waals surface area contributed by atoms with Crippen molar-refractivity contribution in [3.05, 3.63) is 53.9 Å². The fourth-order valence-corrected chi connectivity index (χ4v) is 3.97. The lowest BCUT2D eigenvalue weighted by atomic mass is 9.91. The van der Waals surface area contributed by atoms with E-state index >= 15 is 0 Å². The molecule has 3 aromatic rings. The van der Waals surface area contributed by atoms with E-state index in [1.807, 2.05) is 11.0 Å². The number of nitrogens with zero attached hydrogens (tertiary/aromatic N) is 2. The van der Waals surface area contributed by atoms with Crippen molar-refractivity contribution in [2.75, 3.05) is 6.54 Å². The number of fused-ring (bicyclic) bond motifs is 1. The number of hydrogen-bond donors (Lipinski definition) is 0. The second-order valence-electron chi connectivity index (χ2n) is 9.09. The van der Waals surface area contributed by atoms with E-state index in [0.29, 0.717) is 12.3 Å². The molecule has 0 bridgehead atoms. The van der Waals surface area contributed by atoms with E-state index in [-0.39, 0.29) is 17.4 Å². The van der Waals surface area contributed by atoms with Gasteiger partial charge in [-0.15, -0.1) is 0 Å². The summed E-state index contributed by atoms with van der Waals surface area (Å²) in [5.74, 6) is 0.855. The average molecular weight is 377 g/mol. The van der Waals surface area contributed by atoms with Gasteiger partial charge in [0.15, 0.2) is 5.58 Å². The van der Waals surface area contributed by atoms with Gasteiger partial charge in [-0.05, 0) is 48.4 Å². The molecule has 1 atom stereocenters. The highest BCUT2D eigenvalue weighted by atomic mass is 16.3. The SMILES string of the molecule is Cc1cccc(-c2ccc3oc(C4CCCN4C(=O)CC(C)(C)C)nc3c2)c1. The quantitative estimate of drug-likeness (QED) is 0.571. The molecule has 1 aromatic heterocycles. The average Bonchev–Trinajstić information content (AvgIpc) is 3.26. The summed E-state index contributed by atoms with van der Waals surface area (Å²) in [5.41, 5.74) is 5.15. The summed E-state index contributed by atoms with van der Waals surface area (Å²) in [6.45, 7) is 9.18. The predicted octanol–water partition coefficient (Wildman–Crippen LogP) is 5.90. The lowest BCUT2D eigenvalue weighted by molar-refractivity contribution is -0.134. The van der Waals surface area contributed by atoms with Crippen LogP contribution in [-0.2, 0) is 4.79 Å². The van der Waals surface area contributed by atoms with Crippen molar-refractivity contribution >= 4 is 17.0 Å². The van der Waals surface area contributed by atoms with Crippen LogP contribution in [0.25, 0.3) is 22.2 Å². The molecule has 0 N–H and O–H groups in total. The Morgan fingerprint density at radius 1 is 1.18 bits per heavy atom. The largest absolute Gasteiger partial charge is 0.438 e. The molecule has 2 aromatic carbocycles. The molecule has 1 saturated heterocycles.